The summed E-state index contributed by atoms with van der Waals surface area (Å²) in [5.74, 6) is 0.901. The Bertz CT molecular complexity index is 214. The highest BCUT2D eigenvalue weighted by Gasteiger charge is 2.26. The first-order valence-corrected chi connectivity index (χ1v) is 7.19. The Labute approximate surface area is 105 Å². The highest BCUT2D eigenvalue weighted by molar-refractivity contribution is 4.76. The van der Waals surface area contributed by atoms with E-state index in [0.29, 0.717) is 18.3 Å². The van der Waals surface area contributed by atoms with Gasteiger partial charge < -0.3 is 14.8 Å². The van der Waals surface area contributed by atoms with Gasteiger partial charge in [0, 0.05) is 6.54 Å². The van der Waals surface area contributed by atoms with Gasteiger partial charge in [0.2, 0.25) is 0 Å². The van der Waals surface area contributed by atoms with Gasteiger partial charge in [-0.2, -0.15) is 0 Å². The van der Waals surface area contributed by atoms with E-state index in [4.69, 9.17) is 9.47 Å². The molecule has 3 nitrogen and oxygen atoms in total. The fourth-order valence-electron chi connectivity index (χ4n) is 2.92. The molecule has 1 aliphatic carbocycles. The molecular formula is C14H27NO2. The van der Waals surface area contributed by atoms with E-state index in [-0.39, 0.29) is 0 Å². The van der Waals surface area contributed by atoms with Crippen LogP contribution in [-0.4, -0.2) is 38.5 Å². The Hall–Kier alpha value is -0.120. The molecule has 2 unspecified atom stereocenters. The molecule has 0 aromatic rings. The fraction of sp³-hybridized carbons (Fsp3) is 1.00. The number of rotatable bonds is 5. The molecule has 2 rings (SSSR count). The third-order valence-corrected chi connectivity index (χ3v) is 4.11. The van der Waals surface area contributed by atoms with Crippen LogP contribution < -0.4 is 5.32 Å². The number of nitrogens with one attached hydrogen (secondary N) is 1. The van der Waals surface area contributed by atoms with Crippen LogP contribution >= 0.6 is 0 Å². The van der Waals surface area contributed by atoms with Crippen molar-refractivity contribution in [1.29, 1.82) is 0 Å². The highest BCUT2D eigenvalue weighted by Crippen LogP contribution is 2.27. The summed E-state index contributed by atoms with van der Waals surface area (Å²) in [5, 5.41) is 3.17. The number of ether oxygens (including phenoxy) is 2. The Morgan fingerprint density at radius 3 is 2.47 bits per heavy atom. The van der Waals surface area contributed by atoms with Crippen LogP contribution in [0.3, 0.4) is 0 Å². The second kappa shape index (κ2) is 6.72. The predicted molar refractivity (Wildman–Crippen MR) is 69.2 cm³/mol. The van der Waals surface area contributed by atoms with E-state index in [1.165, 1.54) is 32.1 Å². The lowest BCUT2D eigenvalue weighted by Gasteiger charge is -2.27. The van der Waals surface area contributed by atoms with Gasteiger partial charge in [0.05, 0.1) is 24.9 Å². The fourth-order valence-corrected chi connectivity index (χ4v) is 2.92. The molecule has 1 saturated carbocycles. The largest absolute Gasteiger partial charge is 0.376 e. The minimum Gasteiger partial charge on any atom is -0.376 e. The molecule has 1 saturated heterocycles. The van der Waals surface area contributed by atoms with Crippen LogP contribution in [0.1, 0.15) is 45.4 Å². The van der Waals surface area contributed by atoms with Crippen molar-refractivity contribution in [2.45, 2.75) is 63.8 Å². The molecule has 0 aromatic heterocycles. The third-order valence-electron chi connectivity index (χ3n) is 4.11. The summed E-state index contributed by atoms with van der Waals surface area (Å²) in [6.45, 7) is 4.12. The summed E-state index contributed by atoms with van der Waals surface area (Å²) in [7, 11) is 1.98. The minimum absolute atomic E-state index is 0.340. The van der Waals surface area contributed by atoms with Crippen molar-refractivity contribution in [2.75, 3.05) is 20.2 Å². The molecule has 0 amide bonds. The van der Waals surface area contributed by atoms with Gasteiger partial charge in [-0.1, -0.05) is 6.92 Å². The molecule has 3 heteroatoms. The molecule has 1 aliphatic heterocycles. The molecular weight excluding hydrogens is 214 g/mol. The van der Waals surface area contributed by atoms with Crippen molar-refractivity contribution in [3.63, 3.8) is 0 Å². The molecule has 0 radical (unpaired) electrons. The van der Waals surface area contributed by atoms with Gasteiger partial charge in [0.25, 0.3) is 0 Å². The topological polar surface area (TPSA) is 30.5 Å². The minimum atomic E-state index is 0.340. The third kappa shape index (κ3) is 4.23. The lowest BCUT2D eigenvalue weighted by Crippen LogP contribution is -2.28. The van der Waals surface area contributed by atoms with Crippen LogP contribution in [0.2, 0.25) is 0 Å². The maximum atomic E-state index is 6.00. The molecule has 0 bridgehead atoms. The van der Waals surface area contributed by atoms with Crippen molar-refractivity contribution in [1.82, 2.24) is 5.32 Å². The van der Waals surface area contributed by atoms with E-state index in [1.54, 1.807) is 0 Å². The van der Waals surface area contributed by atoms with E-state index in [9.17, 15) is 0 Å². The van der Waals surface area contributed by atoms with Crippen molar-refractivity contribution >= 4 is 0 Å². The number of likely N-dealkylation sites (N-methyl/N-ethyl adjacent to an activating group) is 1. The highest BCUT2D eigenvalue weighted by atomic mass is 16.5. The molecule has 1 N–H and O–H groups in total. The van der Waals surface area contributed by atoms with E-state index in [0.717, 1.165) is 25.5 Å². The summed E-state index contributed by atoms with van der Waals surface area (Å²) in [4.78, 5) is 0. The monoisotopic (exact) mass is 241 g/mol. The van der Waals surface area contributed by atoms with Gasteiger partial charge in [-0.05, 0) is 51.5 Å². The summed E-state index contributed by atoms with van der Waals surface area (Å²) in [5.41, 5.74) is 0. The summed E-state index contributed by atoms with van der Waals surface area (Å²) in [6, 6.07) is 0. The lowest BCUT2D eigenvalue weighted by atomic mass is 9.89. The predicted octanol–water partition coefficient (Wildman–Crippen LogP) is 2.35. The lowest BCUT2D eigenvalue weighted by molar-refractivity contribution is -0.0526. The summed E-state index contributed by atoms with van der Waals surface area (Å²) in [6.07, 6.45) is 8.73. The first-order valence-electron chi connectivity index (χ1n) is 7.19. The average molecular weight is 241 g/mol. The molecule has 1 heterocycles. The normalized spacial score (nSPS) is 38.5. The van der Waals surface area contributed by atoms with Crippen LogP contribution in [0.4, 0.5) is 0 Å². The van der Waals surface area contributed by atoms with E-state index in [2.05, 4.69) is 12.2 Å². The zero-order valence-corrected chi connectivity index (χ0v) is 11.3. The summed E-state index contributed by atoms with van der Waals surface area (Å²) < 4.78 is 11.9. The van der Waals surface area contributed by atoms with Gasteiger partial charge in [-0.15, -0.1) is 0 Å². The Morgan fingerprint density at radius 1 is 1.06 bits per heavy atom. The maximum Gasteiger partial charge on any atom is 0.0814 e. The molecule has 0 aromatic carbocycles. The van der Waals surface area contributed by atoms with Crippen molar-refractivity contribution < 1.29 is 9.47 Å². The van der Waals surface area contributed by atoms with Gasteiger partial charge in [0.1, 0.15) is 0 Å². The van der Waals surface area contributed by atoms with Crippen LogP contribution in [-0.2, 0) is 9.47 Å². The summed E-state index contributed by atoms with van der Waals surface area (Å²) >= 11 is 0. The Morgan fingerprint density at radius 2 is 1.76 bits per heavy atom. The molecule has 2 aliphatic rings. The van der Waals surface area contributed by atoms with E-state index < -0.39 is 0 Å². The number of hydrogen-bond donors (Lipinski definition) is 1. The van der Waals surface area contributed by atoms with Gasteiger partial charge in [-0.3, -0.25) is 0 Å². The van der Waals surface area contributed by atoms with E-state index in [1.807, 2.05) is 7.05 Å². The standard InChI is InChI=1S/C14H27NO2/c1-11-3-5-12(6-4-11)16-10-14-8-7-13(17-14)9-15-2/h11-15H,3-10H2,1-2H3. The van der Waals surface area contributed by atoms with Crippen LogP contribution in [0, 0.1) is 5.92 Å². The maximum absolute atomic E-state index is 6.00. The van der Waals surface area contributed by atoms with Gasteiger partial charge in [-0.25, -0.2) is 0 Å². The second-order valence-corrected chi connectivity index (χ2v) is 5.73. The van der Waals surface area contributed by atoms with Crippen LogP contribution in [0.5, 0.6) is 0 Å². The van der Waals surface area contributed by atoms with Gasteiger partial charge >= 0.3 is 0 Å². The van der Waals surface area contributed by atoms with E-state index >= 15 is 0 Å². The first kappa shape index (κ1) is 13.3. The Balaban J connectivity index is 1.59. The average Bonchev–Trinajstić information content (AvgIpc) is 2.77. The quantitative estimate of drug-likeness (QED) is 0.801. The van der Waals surface area contributed by atoms with Crippen LogP contribution in [0.15, 0.2) is 0 Å². The zero-order chi connectivity index (χ0) is 12.1. The second-order valence-electron chi connectivity index (χ2n) is 5.73. The Kier molecular flexibility index (Phi) is 5.26. The molecule has 17 heavy (non-hydrogen) atoms. The molecule has 0 spiro atoms. The zero-order valence-electron chi connectivity index (χ0n) is 11.3. The van der Waals surface area contributed by atoms with Crippen molar-refractivity contribution in [2.24, 2.45) is 5.92 Å². The van der Waals surface area contributed by atoms with Crippen molar-refractivity contribution in [3.05, 3.63) is 0 Å². The molecule has 2 atom stereocenters. The SMILES string of the molecule is CNCC1CCC(COC2CCC(C)CC2)O1. The smallest absolute Gasteiger partial charge is 0.0814 e. The van der Waals surface area contributed by atoms with Crippen LogP contribution in [0.25, 0.3) is 0 Å². The van der Waals surface area contributed by atoms with Gasteiger partial charge in [0.15, 0.2) is 0 Å². The van der Waals surface area contributed by atoms with Crippen molar-refractivity contribution in [3.8, 4) is 0 Å². The molecule has 100 valence electrons. The number of hydrogen-bond acceptors (Lipinski definition) is 3. The first-order chi connectivity index (χ1) is 8.28. The molecule has 2 fully saturated rings.